The van der Waals surface area contributed by atoms with Gasteiger partial charge in [0.25, 0.3) is 0 Å². The Bertz CT molecular complexity index is 1370. The monoisotopic (exact) mass is 479 g/mol. The fraction of sp³-hybridized carbons (Fsp3) is 0.250. The number of carboxylic acid groups (broad SMARTS) is 1. The minimum Gasteiger partial charge on any atom is -0.465 e. The van der Waals surface area contributed by atoms with E-state index >= 15 is 0 Å². The zero-order valence-corrected chi connectivity index (χ0v) is 18.8. The molecule has 1 fully saturated rings. The molecule has 0 aliphatic carbocycles. The summed E-state index contributed by atoms with van der Waals surface area (Å²) < 4.78 is 30.2. The van der Waals surface area contributed by atoms with E-state index in [2.05, 4.69) is 37.5 Å². The van der Waals surface area contributed by atoms with Gasteiger partial charge in [-0.25, -0.2) is 18.6 Å². The third-order valence-electron chi connectivity index (χ3n) is 6.17. The van der Waals surface area contributed by atoms with Crippen LogP contribution in [0.5, 0.6) is 0 Å². The van der Waals surface area contributed by atoms with Gasteiger partial charge in [-0.3, -0.25) is 4.98 Å². The van der Waals surface area contributed by atoms with Crippen molar-refractivity contribution in [2.75, 3.05) is 16.8 Å². The Kier molecular flexibility index (Phi) is 5.89. The Hall–Kier alpha value is -4.28. The van der Waals surface area contributed by atoms with Crippen LogP contribution < -0.4 is 15.5 Å². The van der Waals surface area contributed by atoms with Crippen LogP contribution in [0.15, 0.2) is 55.0 Å². The van der Waals surface area contributed by atoms with Crippen molar-refractivity contribution in [2.24, 2.45) is 0 Å². The summed E-state index contributed by atoms with van der Waals surface area (Å²) in [6, 6.07) is 8.74. The molecule has 180 valence electrons. The fourth-order valence-electron chi connectivity index (χ4n) is 4.43. The molecule has 1 aromatic carbocycles. The number of nitrogens with one attached hydrogen (secondary N) is 2. The van der Waals surface area contributed by atoms with Gasteiger partial charge in [0.1, 0.15) is 11.6 Å². The van der Waals surface area contributed by atoms with Crippen LogP contribution in [-0.2, 0) is 0 Å². The number of halogens is 2. The zero-order chi connectivity index (χ0) is 24.5. The number of carbonyl (C=O) groups is 1. The van der Waals surface area contributed by atoms with Crippen LogP contribution in [0.4, 0.5) is 30.9 Å². The van der Waals surface area contributed by atoms with Gasteiger partial charge in [-0.05, 0) is 50.1 Å². The highest BCUT2D eigenvalue weighted by molar-refractivity contribution is 5.74. The Labute approximate surface area is 199 Å². The molecule has 0 saturated carbocycles. The van der Waals surface area contributed by atoms with Crippen molar-refractivity contribution in [3.63, 3.8) is 0 Å². The molecule has 4 aromatic rings. The molecule has 11 heteroatoms. The molecule has 0 bridgehead atoms. The number of piperidine rings is 1. The Balaban J connectivity index is 1.49. The maximum atomic E-state index is 14.3. The van der Waals surface area contributed by atoms with Gasteiger partial charge in [0, 0.05) is 24.8 Å². The number of pyridine rings is 1. The Morgan fingerprint density at radius 1 is 1.11 bits per heavy atom. The van der Waals surface area contributed by atoms with Crippen LogP contribution in [0.1, 0.15) is 19.8 Å². The van der Waals surface area contributed by atoms with Crippen LogP contribution in [0, 0.1) is 11.6 Å². The number of rotatable bonds is 5. The zero-order valence-electron chi connectivity index (χ0n) is 18.8. The Morgan fingerprint density at radius 3 is 2.69 bits per heavy atom. The highest BCUT2D eigenvalue weighted by Gasteiger charge is 2.28. The van der Waals surface area contributed by atoms with Gasteiger partial charge in [-0.15, -0.1) is 0 Å². The van der Waals surface area contributed by atoms with E-state index in [9.17, 15) is 13.6 Å². The molecule has 5 rings (SSSR count). The van der Waals surface area contributed by atoms with Gasteiger partial charge in [0.2, 0.25) is 5.95 Å². The summed E-state index contributed by atoms with van der Waals surface area (Å²) in [7, 11) is 0. The molecular weight excluding hydrogens is 456 g/mol. The van der Waals surface area contributed by atoms with Crippen molar-refractivity contribution in [1.29, 1.82) is 0 Å². The van der Waals surface area contributed by atoms with Gasteiger partial charge >= 0.3 is 6.09 Å². The van der Waals surface area contributed by atoms with Gasteiger partial charge in [-0.1, -0.05) is 6.07 Å². The fourth-order valence-corrected chi connectivity index (χ4v) is 4.43. The van der Waals surface area contributed by atoms with Gasteiger partial charge in [0.05, 0.1) is 40.5 Å². The van der Waals surface area contributed by atoms with E-state index in [1.54, 1.807) is 30.7 Å². The summed E-state index contributed by atoms with van der Waals surface area (Å²) in [5.74, 6) is -1.06. The molecule has 3 N–H and O–H groups in total. The average Bonchev–Trinajstić information content (AvgIpc) is 3.22. The first-order valence-electron chi connectivity index (χ1n) is 11.2. The van der Waals surface area contributed by atoms with E-state index in [0.717, 1.165) is 18.5 Å². The average molecular weight is 479 g/mol. The Morgan fingerprint density at radius 2 is 1.91 bits per heavy atom. The summed E-state index contributed by atoms with van der Waals surface area (Å²) in [6.07, 6.45) is 5.44. The number of hydrogen-bond donors (Lipinski definition) is 3. The second-order valence-electron chi connectivity index (χ2n) is 8.48. The number of nitrogens with zero attached hydrogens (tertiary/aromatic N) is 5. The predicted octanol–water partition coefficient (Wildman–Crippen LogP) is 4.44. The number of benzene rings is 1. The molecule has 1 aliphatic heterocycles. The number of hydrogen-bond acceptors (Lipinski definition) is 6. The molecule has 1 amide bonds. The first kappa shape index (κ1) is 22.5. The van der Waals surface area contributed by atoms with Crippen molar-refractivity contribution >= 4 is 28.9 Å². The lowest BCUT2D eigenvalue weighted by molar-refractivity contribution is 0.187. The smallest absolute Gasteiger partial charge is 0.404 e. The van der Waals surface area contributed by atoms with E-state index in [1.807, 2.05) is 6.07 Å². The second kappa shape index (κ2) is 9.16. The highest BCUT2D eigenvalue weighted by atomic mass is 19.1. The maximum absolute atomic E-state index is 14.3. The molecule has 0 spiro atoms. The molecular formula is C24H23F2N7O2. The van der Waals surface area contributed by atoms with E-state index in [-0.39, 0.29) is 23.3 Å². The number of anilines is 3. The minimum atomic E-state index is -1.05. The lowest BCUT2D eigenvalue weighted by Crippen LogP contribution is -2.51. The van der Waals surface area contributed by atoms with Crippen molar-refractivity contribution in [3.05, 3.63) is 66.6 Å². The van der Waals surface area contributed by atoms with Crippen LogP contribution in [0.25, 0.3) is 16.8 Å². The number of amides is 1. The second-order valence-corrected chi connectivity index (χ2v) is 8.48. The number of fused-ring (bicyclic) bond motifs is 1. The van der Waals surface area contributed by atoms with Crippen molar-refractivity contribution in [3.8, 4) is 11.3 Å². The normalized spacial score (nSPS) is 18.0. The van der Waals surface area contributed by atoms with E-state index in [0.29, 0.717) is 23.7 Å². The summed E-state index contributed by atoms with van der Waals surface area (Å²) in [4.78, 5) is 21.9. The minimum absolute atomic E-state index is 0.132. The third kappa shape index (κ3) is 4.44. The summed E-state index contributed by atoms with van der Waals surface area (Å²) in [5.41, 5.74) is 2.03. The molecule has 2 atom stereocenters. The largest absolute Gasteiger partial charge is 0.465 e. The first-order valence-corrected chi connectivity index (χ1v) is 11.2. The van der Waals surface area contributed by atoms with Crippen molar-refractivity contribution in [2.45, 2.75) is 31.8 Å². The van der Waals surface area contributed by atoms with E-state index in [1.165, 1.54) is 22.7 Å². The lowest BCUT2D eigenvalue weighted by atomic mass is 9.98. The van der Waals surface area contributed by atoms with Crippen LogP contribution in [0.3, 0.4) is 0 Å². The van der Waals surface area contributed by atoms with Gasteiger partial charge in [0.15, 0.2) is 0 Å². The highest BCUT2D eigenvalue weighted by Crippen LogP contribution is 2.33. The summed E-state index contributed by atoms with van der Waals surface area (Å²) >= 11 is 0. The SMILES string of the molecule is CC1CCC(NC(=O)O)CN1c1ccncc1Nc1ncc2ccc(-c3c(F)cccc3F)nn12. The van der Waals surface area contributed by atoms with E-state index in [4.69, 9.17) is 5.11 Å². The lowest BCUT2D eigenvalue weighted by Gasteiger charge is -2.40. The molecule has 0 radical (unpaired) electrons. The topological polar surface area (TPSA) is 108 Å². The molecule has 4 heterocycles. The molecule has 2 unspecified atom stereocenters. The van der Waals surface area contributed by atoms with Gasteiger partial charge < -0.3 is 20.6 Å². The molecule has 35 heavy (non-hydrogen) atoms. The molecule has 1 saturated heterocycles. The summed E-state index contributed by atoms with van der Waals surface area (Å²) in [5, 5.41) is 19.4. The summed E-state index contributed by atoms with van der Waals surface area (Å²) in [6.45, 7) is 2.59. The maximum Gasteiger partial charge on any atom is 0.404 e. The quantitative estimate of drug-likeness (QED) is 0.388. The van der Waals surface area contributed by atoms with Crippen LogP contribution >= 0.6 is 0 Å². The van der Waals surface area contributed by atoms with Gasteiger partial charge in [-0.2, -0.15) is 9.61 Å². The molecule has 1 aliphatic rings. The van der Waals surface area contributed by atoms with Crippen LogP contribution in [0.2, 0.25) is 0 Å². The van der Waals surface area contributed by atoms with Crippen molar-refractivity contribution < 1.29 is 18.7 Å². The standard InChI is InChI=1S/C24H23F2N7O2/c1-14-5-6-15(29-24(34)35)13-32(14)21-9-10-27-12-20(21)30-23-28-11-16-7-8-19(31-33(16)23)22-17(25)3-2-4-18(22)26/h2-4,7-12,14-15,29H,5-6,13H2,1H3,(H,28,30)(H,34,35). The third-order valence-corrected chi connectivity index (χ3v) is 6.17. The molecule has 9 nitrogen and oxygen atoms in total. The predicted molar refractivity (Wildman–Crippen MR) is 127 cm³/mol. The molecule has 3 aromatic heterocycles. The number of imidazole rings is 1. The van der Waals surface area contributed by atoms with Crippen molar-refractivity contribution in [1.82, 2.24) is 24.9 Å². The number of aromatic nitrogens is 4. The van der Waals surface area contributed by atoms with Crippen LogP contribution in [-0.4, -0.2) is 49.4 Å². The first-order chi connectivity index (χ1) is 16.9. The van der Waals surface area contributed by atoms with E-state index < -0.39 is 17.7 Å².